The van der Waals surface area contributed by atoms with Gasteiger partial charge >= 0.3 is 0 Å². The summed E-state index contributed by atoms with van der Waals surface area (Å²) >= 11 is 0. The highest BCUT2D eigenvalue weighted by Gasteiger charge is 2.29. The molecule has 2 aromatic carbocycles. The third-order valence-electron chi connectivity index (χ3n) is 5.58. The number of piperidine rings is 1. The Morgan fingerprint density at radius 2 is 1.90 bits per heavy atom. The van der Waals surface area contributed by atoms with Gasteiger partial charge in [-0.05, 0) is 62.6 Å². The van der Waals surface area contributed by atoms with E-state index in [4.69, 9.17) is 4.52 Å². The molecule has 0 spiro atoms. The van der Waals surface area contributed by atoms with Gasteiger partial charge in [-0.1, -0.05) is 22.9 Å². The number of carbonyl (C=O) groups is 2. The van der Waals surface area contributed by atoms with E-state index < -0.39 is 0 Å². The molecule has 0 bridgehead atoms. The normalized spacial score (nSPS) is 16.2. The minimum absolute atomic E-state index is 0.0170. The van der Waals surface area contributed by atoms with Gasteiger partial charge in [0.2, 0.25) is 17.6 Å². The monoisotopic (exact) mass is 418 g/mol. The molecule has 7 heteroatoms. The summed E-state index contributed by atoms with van der Waals surface area (Å²) in [5.41, 5.74) is 4.41. The zero-order valence-corrected chi connectivity index (χ0v) is 18.0. The number of likely N-dealkylation sites (tertiary alicyclic amines) is 1. The average molecular weight is 418 g/mol. The summed E-state index contributed by atoms with van der Waals surface area (Å²) in [6, 6.07) is 13.2. The first kappa shape index (κ1) is 20.8. The largest absolute Gasteiger partial charge is 0.339 e. The minimum Gasteiger partial charge on any atom is -0.339 e. The van der Waals surface area contributed by atoms with Gasteiger partial charge in [-0.2, -0.15) is 4.98 Å². The van der Waals surface area contributed by atoms with Crippen molar-refractivity contribution in [2.24, 2.45) is 0 Å². The number of hydrogen-bond acceptors (Lipinski definition) is 5. The Labute approximate surface area is 181 Å². The maximum absolute atomic E-state index is 13.1. The molecule has 0 radical (unpaired) electrons. The highest BCUT2D eigenvalue weighted by molar-refractivity contribution is 5.95. The van der Waals surface area contributed by atoms with Crippen molar-refractivity contribution in [3.05, 3.63) is 65.0 Å². The van der Waals surface area contributed by atoms with E-state index in [0.29, 0.717) is 23.9 Å². The first-order valence-corrected chi connectivity index (χ1v) is 10.5. The molecule has 0 saturated carbocycles. The zero-order valence-electron chi connectivity index (χ0n) is 18.0. The molecule has 1 N–H and O–H groups in total. The maximum Gasteiger partial charge on any atom is 0.254 e. The van der Waals surface area contributed by atoms with Gasteiger partial charge in [-0.3, -0.25) is 9.59 Å². The van der Waals surface area contributed by atoms with Crippen molar-refractivity contribution in [2.45, 2.75) is 39.5 Å². The van der Waals surface area contributed by atoms with Crippen LogP contribution in [0.15, 0.2) is 47.0 Å². The van der Waals surface area contributed by atoms with Gasteiger partial charge in [0, 0.05) is 36.8 Å². The third kappa shape index (κ3) is 4.66. The molecule has 0 unspecified atom stereocenters. The van der Waals surface area contributed by atoms with E-state index in [1.807, 2.05) is 49.1 Å². The molecule has 3 aromatic rings. The van der Waals surface area contributed by atoms with E-state index in [2.05, 4.69) is 15.5 Å². The minimum atomic E-state index is -0.119. The van der Waals surface area contributed by atoms with Crippen molar-refractivity contribution < 1.29 is 14.1 Å². The predicted molar refractivity (Wildman–Crippen MR) is 118 cm³/mol. The molecule has 1 aliphatic rings. The zero-order chi connectivity index (χ0) is 22.0. The number of rotatable bonds is 4. The number of aromatic nitrogens is 2. The number of nitrogens with one attached hydrogen (secondary N) is 1. The number of hydrogen-bond donors (Lipinski definition) is 1. The van der Waals surface area contributed by atoms with E-state index in [0.717, 1.165) is 41.6 Å². The second kappa shape index (κ2) is 8.71. The molecule has 2 amide bonds. The van der Waals surface area contributed by atoms with E-state index in [-0.39, 0.29) is 17.7 Å². The molecule has 1 atom stereocenters. The fourth-order valence-corrected chi connectivity index (χ4v) is 4.01. The number of nitrogens with zero attached hydrogens (tertiary/aromatic N) is 3. The molecule has 1 aromatic heterocycles. The van der Waals surface area contributed by atoms with Crippen molar-refractivity contribution in [1.82, 2.24) is 15.0 Å². The van der Waals surface area contributed by atoms with Crippen molar-refractivity contribution in [1.29, 1.82) is 0 Å². The second-order valence-corrected chi connectivity index (χ2v) is 8.12. The number of benzene rings is 2. The van der Waals surface area contributed by atoms with Crippen LogP contribution in [0.5, 0.6) is 0 Å². The summed E-state index contributed by atoms with van der Waals surface area (Å²) < 4.78 is 5.56. The molecule has 1 fully saturated rings. The lowest BCUT2D eigenvalue weighted by molar-refractivity contribution is -0.114. The molecule has 2 heterocycles. The van der Waals surface area contributed by atoms with Crippen LogP contribution in [0.3, 0.4) is 0 Å². The van der Waals surface area contributed by atoms with Crippen LogP contribution in [0.2, 0.25) is 0 Å². The Bertz CT molecular complexity index is 1100. The molecule has 4 rings (SSSR count). The number of amides is 2. The lowest BCUT2D eigenvalue weighted by atomic mass is 9.96. The van der Waals surface area contributed by atoms with Gasteiger partial charge in [-0.15, -0.1) is 0 Å². The van der Waals surface area contributed by atoms with E-state index >= 15 is 0 Å². The van der Waals surface area contributed by atoms with E-state index in [1.165, 1.54) is 6.92 Å². The fraction of sp³-hybridized carbons (Fsp3) is 0.333. The van der Waals surface area contributed by atoms with Gasteiger partial charge in [0.1, 0.15) is 0 Å². The second-order valence-electron chi connectivity index (χ2n) is 8.12. The summed E-state index contributed by atoms with van der Waals surface area (Å²) in [6.07, 6.45) is 1.80. The lowest BCUT2D eigenvalue weighted by Gasteiger charge is -2.31. The Morgan fingerprint density at radius 1 is 1.13 bits per heavy atom. The van der Waals surface area contributed by atoms with Crippen LogP contribution in [0.1, 0.15) is 53.1 Å². The molecule has 160 valence electrons. The van der Waals surface area contributed by atoms with Gasteiger partial charge < -0.3 is 14.7 Å². The van der Waals surface area contributed by atoms with E-state index in [1.54, 1.807) is 12.1 Å². The highest BCUT2D eigenvalue weighted by Crippen LogP contribution is 2.29. The van der Waals surface area contributed by atoms with Crippen LogP contribution in [0, 0.1) is 13.8 Å². The Balaban J connectivity index is 1.47. The van der Waals surface area contributed by atoms with Crippen LogP contribution < -0.4 is 5.32 Å². The summed E-state index contributed by atoms with van der Waals surface area (Å²) in [6.45, 7) is 6.77. The van der Waals surface area contributed by atoms with Crippen molar-refractivity contribution in [3.63, 3.8) is 0 Å². The smallest absolute Gasteiger partial charge is 0.254 e. The molecule has 0 aliphatic carbocycles. The molecule has 1 saturated heterocycles. The molecular weight excluding hydrogens is 392 g/mol. The quantitative estimate of drug-likeness (QED) is 0.681. The first-order chi connectivity index (χ1) is 14.9. The van der Waals surface area contributed by atoms with Gasteiger partial charge in [0.05, 0.1) is 5.92 Å². The third-order valence-corrected chi connectivity index (χ3v) is 5.58. The van der Waals surface area contributed by atoms with Gasteiger partial charge in [-0.25, -0.2) is 0 Å². The van der Waals surface area contributed by atoms with Crippen LogP contribution in [0.25, 0.3) is 11.4 Å². The summed E-state index contributed by atoms with van der Waals surface area (Å²) in [4.78, 5) is 30.7. The molecule has 7 nitrogen and oxygen atoms in total. The lowest BCUT2D eigenvalue weighted by Crippen LogP contribution is -2.39. The number of carbonyl (C=O) groups excluding carboxylic acids is 2. The SMILES string of the molecule is CC(=O)Nc1ccc(-c2noc([C@H]3CCCN(C(=O)c4ccc(C)cc4C)C3)n2)cc1. The molecular formula is C24H26N4O3. The first-order valence-electron chi connectivity index (χ1n) is 10.5. The molecule has 1 aliphatic heterocycles. The van der Waals surface area contributed by atoms with Crippen LogP contribution in [-0.4, -0.2) is 39.9 Å². The fourth-order valence-electron chi connectivity index (χ4n) is 4.01. The molecule has 31 heavy (non-hydrogen) atoms. The number of anilines is 1. The highest BCUT2D eigenvalue weighted by atomic mass is 16.5. The van der Waals surface area contributed by atoms with Crippen molar-refractivity contribution in [3.8, 4) is 11.4 Å². The summed E-state index contributed by atoms with van der Waals surface area (Å²) in [5, 5.41) is 6.86. The van der Waals surface area contributed by atoms with Crippen molar-refractivity contribution >= 4 is 17.5 Å². The summed E-state index contributed by atoms with van der Waals surface area (Å²) in [7, 11) is 0. The van der Waals surface area contributed by atoms with Crippen LogP contribution in [0.4, 0.5) is 5.69 Å². The standard InChI is InChI=1S/C24H26N4O3/c1-15-6-11-21(16(2)13-15)24(30)28-12-4-5-19(14-28)23-26-22(27-31-23)18-7-9-20(10-8-18)25-17(3)29/h6-11,13,19H,4-5,12,14H2,1-3H3,(H,25,29)/t19-/m0/s1. The maximum atomic E-state index is 13.1. The van der Waals surface area contributed by atoms with Crippen LogP contribution >= 0.6 is 0 Å². The van der Waals surface area contributed by atoms with Gasteiger partial charge in [0.15, 0.2) is 0 Å². The van der Waals surface area contributed by atoms with Crippen molar-refractivity contribution in [2.75, 3.05) is 18.4 Å². The van der Waals surface area contributed by atoms with Gasteiger partial charge in [0.25, 0.3) is 5.91 Å². The topological polar surface area (TPSA) is 88.3 Å². The van der Waals surface area contributed by atoms with Crippen LogP contribution in [-0.2, 0) is 4.79 Å². The average Bonchev–Trinajstić information content (AvgIpc) is 3.24. The Hall–Kier alpha value is -3.48. The Morgan fingerprint density at radius 3 is 2.61 bits per heavy atom. The Kier molecular flexibility index (Phi) is 5.84. The summed E-state index contributed by atoms with van der Waals surface area (Å²) in [5.74, 6) is 1.01. The van der Waals surface area contributed by atoms with E-state index in [9.17, 15) is 9.59 Å². The predicted octanol–water partition coefficient (Wildman–Crippen LogP) is 4.33. The number of aryl methyl sites for hydroxylation is 2.